The Morgan fingerprint density at radius 2 is 2.04 bits per heavy atom. The number of benzene rings is 1. The van der Waals surface area contributed by atoms with E-state index < -0.39 is 0 Å². The van der Waals surface area contributed by atoms with Crippen molar-refractivity contribution in [2.75, 3.05) is 19.6 Å². The van der Waals surface area contributed by atoms with E-state index in [0.29, 0.717) is 12.5 Å². The predicted octanol–water partition coefficient (Wildman–Crippen LogP) is 4.04. The molecule has 2 aromatic rings. The molecule has 0 spiro atoms. The van der Waals surface area contributed by atoms with Crippen LogP contribution in [0.1, 0.15) is 30.2 Å². The maximum absolute atomic E-state index is 4.84. The van der Waals surface area contributed by atoms with E-state index in [1.54, 1.807) is 0 Å². The number of aliphatic imine (C=N–C) groups is 1. The van der Waals surface area contributed by atoms with Crippen molar-refractivity contribution < 1.29 is 0 Å². The molecule has 1 aliphatic rings. The Kier molecular flexibility index (Phi) is 8.35. The molecule has 26 heavy (non-hydrogen) atoms. The lowest BCUT2D eigenvalue weighted by atomic mass is 9.99. The Hall–Kier alpha value is -1.63. The molecule has 1 saturated heterocycles. The van der Waals surface area contributed by atoms with Gasteiger partial charge < -0.3 is 10.2 Å². The van der Waals surface area contributed by atoms with Crippen molar-refractivity contribution in [3.05, 3.63) is 65.5 Å². The topological polar surface area (TPSA) is 40.5 Å². The average molecular weight is 464 g/mol. The van der Waals surface area contributed by atoms with Crippen molar-refractivity contribution in [1.82, 2.24) is 15.2 Å². The molecule has 1 aromatic carbocycles. The van der Waals surface area contributed by atoms with Gasteiger partial charge in [-0.3, -0.25) is 4.98 Å². The van der Waals surface area contributed by atoms with Gasteiger partial charge in [-0.1, -0.05) is 36.4 Å². The summed E-state index contributed by atoms with van der Waals surface area (Å²) in [6.07, 6.45) is 4.22. The van der Waals surface area contributed by atoms with E-state index in [-0.39, 0.29) is 24.0 Å². The number of nitrogens with zero attached hydrogens (tertiary/aromatic N) is 3. The Morgan fingerprint density at radius 3 is 2.77 bits per heavy atom. The Morgan fingerprint density at radius 1 is 1.23 bits per heavy atom. The summed E-state index contributed by atoms with van der Waals surface area (Å²) in [5.41, 5.74) is 3.68. The fourth-order valence-electron chi connectivity index (χ4n) is 3.40. The molecule has 4 nitrogen and oxygen atoms in total. The van der Waals surface area contributed by atoms with Gasteiger partial charge in [0.2, 0.25) is 0 Å². The van der Waals surface area contributed by atoms with Crippen LogP contribution in [0.5, 0.6) is 0 Å². The number of guanidine groups is 1. The van der Waals surface area contributed by atoms with Gasteiger partial charge in [0, 0.05) is 25.8 Å². The number of pyridine rings is 1. The first kappa shape index (κ1) is 20.7. The standard InChI is InChI=1S/C21H28N4.HI/c1-3-22-21(24-15-20-17(2)8-7-12-23-20)25-13-11-19(16-25)14-18-9-5-4-6-10-18;/h4-10,12,19H,3,11,13-16H2,1-2H3,(H,22,24);1H. The third-order valence-electron chi connectivity index (χ3n) is 4.78. The molecule has 0 radical (unpaired) electrons. The van der Waals surface area contributed by atoms with Crippen LogP contribution < -0.4 is 5.32 Å². The molecule has 0 saturated carbocycles. The maximum atomic E-state index is 4.84. The molecule has 1 unspecified atom stereocenters. The molecule has 1 N–H and O–H groups in total. The first-order valence-corrected chi connectivity index (χ1v) is 9.24. The van der Waals surface area contributed by atoms with E-state index in [4.69, 9.17) is 4.99 Å². The highest BCUT2D eigenvalue weighted by molar-refractivity contribution is 14.0. The number of rotatable bonds is 5. The minimum Gasteiger partial charge on any atom is -0.357 e. The lowest BCUT2D eigenvalue weighted by Crippen LogP contribution is -2.40. The van der Waals surface area contributed by atoms with E-state index in [1.807, 2.05) is 12.3 Å². The molecular weight excluding hydrogens is 435 g/mol. The van der Waals surface area contributed by atoms with Crippen LogP contribution in [0.25, 0.3) is 0 Å². The van der Waals surface area contributed by atoms with Crippen LogP contribution in [-0.2, 0) is 13.0 Å². The second-order valence-corrected chi connectivity index (χ2v) is 6.73. The SMILES string of the molecule is CCNC(=NCc1ncccc1C)N1CCC(Cc2ccccc2)C1.I. The second-order valence-electron chi connectivity index (χ2n) is 6.73. The normalized spacial score (nSPS) is 17.1. The van der Waals surface area contributed by atoms with Crippen molar-refractivity contribution in [3.8, 4) is 0 Å². The number of aromatic nitrogens is 1. The summed E-state index contributed by atoms with van der Waals surface area (Å²) >= 11 is 0. The van der Waals surface area contributed by atoms with E-state index in [0.717, 1.165) is 37.7 Å². The largest absolute Gasteiger partial charge is 0.357 e. The van der Waals surface area contributed by atoms with Crippen molar-refractivity contribution in [1.29, 1.82) is 0 Å². The summed E-state index contributed by atoms with van der Waals surface area (Å²) in [5.74, 6) is 1.71. The fraction of sp³-hybridized carbons (Fsp3) is 0.429. The van der Waals surface area contributed by atoms with Gasteiger partial charge in [0.1, 0.15) is 0 Å². The zero-order valence-electron chi connectivity index (χ0n) is 15.7. The summed E-state index contributed by atoms with van der Waals surface area (Å²) in [6, 6.07) is 14.9. The van der Waals surface area contributed by atoms with Crippen LogP contribution in [0.15, 0.2) is 53.7 Å². The van der Waals surface area contributed by atoms with E-state index >= 15 is 0 Å². The molecule has 1 aromatic heterocycles. The smallest absolute Gasteiger partial charge is 0.194 e. The van der Waals surface area contributed by atoms with Gasteiger partial charge in [0.15, 0.2) is 5.96 Å². The van der Waals surface area contributed by atoms with Gasteiger partial charge in [-0.05, 0) is 49.8 Å². The lowest BCUT2D eigenvalue weighted by molar-refractivity contribution is 0.459. The van der Waals surface area contributed by atoms with Crippen LogP contribution in [0.4, 0.5) is 0 Å². The quantitative estimate of drug-likeness (QED) is 0.413. The minimum absolute atomic E-state index is 0. The van der Waals surface area contributed by atoms with Crippen LogP contribution >= 0.6 is 24.0 Å². The molecule has 5 heteroatoms. The van der Waals surface area contributed by atoms with Crippen LogP contribution in [0, 0.1) is 12.8 Å². The first-order chi connectivity index (χ1) is 12.3. The van der Waals surface area contributed by atoms with Crippen molar-refractivity contribution in [2.45, 2.75) is 33.2 Å². The number of nitrogens with one attached hydrogen (secondary N) is 1. The Balaban J connectivity index is 0.00000243. The van der Waals surface area contributed by atoms with Gasteiger partial charge in [0.05, 0.1) is 12.2 Å². The molecule has 1 atom stereocenters. The third-order valence-corrected chi connectivity index (χ3v) is 4.78. The third kappa shape index (κ3) is 5.69. The van der Waals surface area contributed by atoms with Crippen molar-refractivity contribution in [2.24, 2.45) is 10.9 Å². The van der Waals surface area contributed by atoms with Crippen molar-refractivity contribution >= 4 is 29.9 Å². The summed E-state index contributed by atoms with van der Waals surface area (Å²) in [6.45, 7) is 7.89. The monoisotopic (exact) mass is 464 g/mol. The summed E-state index contributed by atoms with van der Waals surface area (Å²) in [5, 5.41) is 3.45. The lowest BCUT2D eigenvalue weighted by Gasteiger charge is -2.22. The molecule has 0 aliphatic carbocycles. The van der Waals surface area contributed by atoms with Crippen LogP contribution in [0.3, 0.4) is 0 Å². The van der Waals surface area contributed by atoms with Crippen LogP contribution in [0.2, 0.25) is 0 Å². The fourth-order valence-corrected chi connectivity index (χ4v) is 3.40. The highest BCUT2D eigenvalue weighted by Gasteiger charge is 2.25. The maximum Gasteiger partial charge on any atom is 0.194 e. The number of halogens is 1. The number of hydrogen-bond donors (Lipinski definition) is 1. The zero-order chi connectivity index (χ0) is 17.5. The zero-order valence-corrected chi connectivity index (χ0v) is 18.0. The van der Waals surface area contributed by atoms with Gasteiger partial charge in [0.25, 0.3) is 0 Å². The predicted molar refractivity (Wildman–Crippen MR) is 119 cm³/mol. The number of likely N-dealkylation sites (tertiary alicyclic amines) is 1. The molecule has 1 fully saturated rings. The average Bonchev–Trinajstić information content (AvgIpc) is 3.09. The highest BCUT2D eigenvalue weighted by atomic mass is 127. The second kappa shape index (κ2) is 10.5. The van der Waals surface area contributed by atoms with Gasteiger partial charge >= 0.3 is 0 Å². The molecule has 3 rings (SSSR count). The molecule has 140 valence electrons. The summed E-state index contributed by atoms with van der Waals surface area (Å²) < 4.78 is 0. The van der Waals surface area contributed by atoms with E-state index in [9.17, 15) is 0 Å². The number of hydrogen-bond acceptors (Lipinski definition) is 2. The molecular formula is C21H29IN4. The highest BCUT2D eigenvalue weighted by Crippen LogP contribution is 2.21. The summed E-state index contributed by atoms with van der Waals surface area (Å²) in [7, 11) is 0. The molecule has 0 bridgehead atoms. The van der Waals surface area contributed by atoms with Gasteiger partial charge in [-0.15, -0.1) is 24.0 Å². The molecule has 2 heterocycles. The molecule has 1 aliphatic heterocycles. The summed E-state index contributed by atoms with van der Waals surface area (Å²) in [4.78, 5) is 11.7. The van der Waals surface area contributed by atoms with Crippen LogP contribution in [-0.4, -0.2) is 35.5 Å². The van der Waals surface area contributed by atoms with Gasteiger partial charge in [-0.25, -0.2) is 4.99 Å². The van der Waals surface area contributed by atoms with E-state index in [1.165, 1.54) is 17.5 Å². The first-order valence-electron chi connectivity index (χ1n) is 9.24. The minimum atomic E-state index is 0. The van der Waals surface area contributed by atoms with Gasteiger partial charge in [-0.2, -0.15) is 0 Å². The number of aryl methyl sites for hydroxylation is 1. The Bertz CT molecular complexity index is 702. The Labute approximate surface area is 174 Å². The van der Waals surface area contributed by atoms with E-state index in [2.05, 4.69) is 65.4 Å². The van der Waals surface area contributed by atoms with Crippen molar-refractivity contribution in [3.63, 3.8) is 0 Å². The molecule has 0 amide bonds.